The summed E-state index contributed by atoms with van der Waals surface area (Å²) < 4.78 is 32.7. The van der Waals surface area contributed by atoms with Gasteiger partial charge in [-0.05, 0) is 35.7 Å². The minimum Gasteiger partial charge on any atom is -0.497 e. The first-order chi connectivity index (χ1) is 14.5. The smallest absolute Gasteiger partial charge is 0.255 e. The SMILES string of the molecule is COc1ccc(CN2C(=O)c3ccccc3C2CCS(=O)(=O)Nc2nccs2)cc1. The number of carbonyl (C=O) groups is 1. The molecular formula is C21H21N3O4S2. The van der Waals surface area contributed by atoms with E-state index >= 15 is 0 Å². The van der Waals surface area contributed by atoms with E-state index in [1.54, 1.807) is 29.7 Å². The van der Waals surface area contributed by atoms with E-state index in [-0.39, 0.29) is 17.7 Å². The van der Waals surface area contributed by atoms with Gasteiger partial charge in [0.2, 0.25) is 10.0 Å². The molecule has 30 heavy (non-hydrogen) atoms. The number of carbonyl (C=O) groups excluding carboxylic acids is 1. The van der Waals surface area contributed by atoms with Crippen molar-refractivity contribution in [2.24, 2.45) is 0 Å². The van der Waals surface area contributed by atoms with Crippen molar-refractivity contribution in [3.8, 4) is 5.75 Å². The zero-order valence-electron chi connectivity index (χ0n) is 16.3. The Labute approximate surface area is 179 Å². The molecular weight excluding hydrogens is 422 g/mol. The fourth-order valence-electron chi connectivity index (χ4n) is 3.59. The Morgan fingerprint density at radius 3 is 2.63 bits per heavy atom. The number of amides is 1. The van der Waals surface area contributed by atoms with Gasteiger partial charge < -0.3 is 9.64 Å². The number of anilines is 1. The van der Waals surface area contributed by atoms with Crippen molar-refractivity contribution in [2.75, 3.05) is 17.6 Å². The quantitative estimate of drug-likeness (QED) is 0.574. The first-order valence-electron chi connectivity index (χ1n) is 9.39. The van der Waals surface area contributed by atoms with Gasteiger partial charge in [-0.2, -0.15) is 0 Å². The predicted molar refractivity (Wildman–Crippen MR) is 116 cm³/mol. The van der Waals surface area contributed by atoms with Crippen LogP contribution in [0.4, 0.5) is 5.13 Å². The summed E-state index contributed by atoms with van der Waals surface area (Å²) in [6, 6.07) is 14.6. The van der Waals surface area contributed by atoms with Crippen LogP contribution in [0, 0.1) is 0 Å². The number of nitrogens with one attached hydrogen (secondary N) is 1. The summed E-state index contributed by atoms with van der Waals surface area (Å²) in [6.45, 7) is 0.391. The molecule has 7 nitrogen and oxygen atoms in total. The first-order valence-corrected chi connectivity index (χ1v) is 11.9. The second-order valence-electron chi connectivity index (χ2n) is 6.93. The Morgan fingerprint density at radius 2 is 1.93 bits per heavy atom. The number of hydrogen-bond acceptors (Lipinski definition) is 6. The Balaban J connectivity index is 1.54. The van der Waals surface area contributed by atoms with Gasteiger partial charge in [-0.25, -0.2) is 13.4 Å². The second-order valence-corrected chi connectivity index (χ2v) is 9.67. The summed E-state index contributed by atoms with van der Waals surface area (Å²) in [5.41, 5.74) is 2.44. The molecule has 1 aromatic heterocycles. The van der Waals surface area contributed by atoms with Crippen molar-refractivity contribution in [3.63, 3.8) is 0 Å². The van der Waals surface area contributed by atoms with Crippen LogP contribution in [0.2, 0.25) is 0 Å². The van der Waals surface area contributed by atoms with Gasteiger partial charge in [0.15, 0.2) is 5.13 Å². The summed E-state index contributed by atoms with van der Waals surface area (Å²) in [5.74, 6) is 0.542. The van der Waals surface area contributed by atoms with E-state index in [1.807, 2.05) is 42.5 Å². The van der Waals surface area contributed by atoms with Gasteiger partial charge in [0.1, 0.15) is 5.75 Å². The van der Waals surface area contributed by atoms with E-state index in [9.17, 15) is 13.2 Å². The third kappa shape index (κ3) is 4.31. The van der Waals surface area contributed by atoms with Crippen molar-refractivity contribution >= 4 is 32.4 Å². The Kier molecular flexibility index (Phi) is 5.74. The molecule has 1 amide bonds. The van der Waals surface area contributed by atoms with E-state index in [1.165, 1.54) is 11.3 Å². The minimum atomic E-state index is -3.57. The molecule has 1 aliphatic heterocycles. The number of nitrogens with zero attached hydrogens (tertiary/aromatic N) is 2. The molecule has 3 aromatic rings. The van der Waals surface area contributed by atoms with Gasteiger partial charge in [0.05, 0.1) is 18.9 Å². The molecule has 0 spiro atoms. The third-order valence-electron chi connectivity index (χ3n) is 5.03. The molecule has 1 N–H and O–H groups in total. The zero-order chi connectivity index (χ0) is 21.1. The van der Waals surface area contributed by atoms with Crippen LogP contribution in [0.15, 0.2) is 60.1 Å². The molecule has 1 aliphatic rings. The highest BCUT2D eigenvalue weighted by atomic mass is 32.2. The summed E-state index contributed by atoms with van der Waals surface area (Å²) in [7, 11) is -1.97. The summed E-state index contributed by atoms with van der Waals surface area (Å²) in [4.78, 5) is 18.8. The number of ether oxygens (including phenoxy) is 1. The van der Waals surface area contributed by atoms with Crippen LogP contribution in [0.25, 0.3) is 0 Å². The molecule has 0 fully saturated rings. The maximum absolute atomic E-state index is 13.0. The van der Waals surface area contributed by atoms with Crippen LogP contribution >= 0.6 is 11.3 Å². The van der Waals surface area contributed by atoms with E-state index in [4.69, 9.17) is 4.74 Å². The minimum absolute atomic E-state index is 0.0864. The Bertz CT molecular complexity index is 1130. The van der Waals surface area contributed by atoms with Crippen LogP contribution in [0.5, 0.6) is 5.75 Å². The summed E-state index contributed by atoms with van der Waals surface area (Å²) in [6.07, 6.45) is 1.84. The molecule has 1 unspecified atom stereocenters. The largest absolute Gasteiger partial charge is 0.497 e. The molecule has 0 radical (unpaired) electrons. The number of aromatic nitrogens is 1. The number of thiazole rings is 1. The van der Waals surface area contributed by atoms with Gasteiger partial charge in [0.25, 0.3) is 5.91 Å². The molecule has 2 heterocycles. The number of sulfonamides is 1. The van der Waals surface area contributed by atoms with Gasteiger partial charge in [-0.1, -0.05) is 30.3 Å². The maximum atomic E-state index is 13.0. The highest BCUT2D eigenvalue weighted by Gasteiger charge is 2.36. The summed E-state index contributed by atoms with van der Waals surface area (Å²) in [5, 5.41) is 2.05. The topological polar surface area (TPSA) is 88.6 Å². The third-order valence-corrected chi connectivity index (χ3v) is 7.13. The van der Waals surface area contributed by atoms with E-state index in [0.29, 0.717) is 23.7 Å². The molecule has 2 aromatic carbocycles. The van der Waals surface area contributed by atoms with Crippen molar-refractivity contribution in [1.29, 1.82) is 0 Å². The van der Waals surface area contributed by atoms with Crippen molar-refractivity contribution in [2.45, 2.75) is 19.0 Å². The van der Waals surface area contributed by atoms with Crippen LogP contribution in [0.1, 0.15) is 33.9 Å². The lowest BCUT2D eigenvalue weighted by molar-refractivity contribution is 0.0706. The molecule has 0 saturated carbocycles. The number of benzene rings is 2. The molecule has 1 atom stereocenters. The number of fused-ring (bicyclic) bond motifs is 1. The molecule has 0 aliphatic carbocycles. The number of methoxy groups -OCH3 is 1. The zero-order valence-corrected chi connectivity index (χ0v) is 17.9. The monoisotopic (exact) mass is 443 g/mol. The van der Waals surface area contributed by atoms with Crippen molar-refractivity contribution in [1.82, 2.24) is 9.88 Å². The molecule has 9 heteroatoms. The van der Waals surface area contributed by atoms with Crippen LogP contribution in [-0.4, -0.2) is 37.1 Å². The van der Waals surface area contributed by atoms with Gasteiger partial charge >= 0.3 is 0 Å². The normalized spacial score (nSPS) is 15.8. The maximum Gasteiger partial charge on any atom is 0.255 e. The van der Waals surface area contributed by atoms with E-state index < -0.39 is 10.0 Å². The number of rotatable bonds is 8. The fraction of sp³-hybridized carbons (Fsp3) is 0.238. The van der Waals surface area contributed by atoms with E-state index in [2.05, 4.69) is 9.71 Å². The lowest BCUT2D eigenvalue weighted by atomic mass is 10.0. The molecule has 4 rings (SSSR count). The standard InChI is InChI=1S/C21H21N3O4S2/c1-28-16-8-6-15(7-9-16)14-24-19(17-4-2-3-5-18(17)20(24)25)10-13-30(26,27)23-21-22-11-12-29-21/h2-9,11-12,19H,10,13-14H2,1H3,(H,22,23). The predicted octanol–water partition coefficient (Wildman–Crippen LogP) is 3.68. The van der Waals surface area contributed by atoms with Gasteiger partial charge in [-0.3, -0.25) is 9.52 Å². The van der Waals surface area contributed by atoms with Gasteiger partial charge in [-0.15, -0.1) is 11.3 Å². The molecule has 0 saturated heterocycles. The highest BCUT2D eigenvalue weighted by Crippen LogP contribution is 2.37. The molecule has 156 valence electrons. The van der Waals surface area contributed by atoms with Crippen molar-refractivity contribution in [3.05, 3.63) is 76.8 Å². The first kappa shape index (κ1) is 20.4. The number of hydrogen-bond donors (Lipinski definition) is 1. The molecule has 0 bridgehead atoms. The fourth-order valence-corrected chi connectivity index (χ4v) is 5.49. The summed E-state index contributed by atoms with van der Waals surface area (Å²) >= 11 is 1.23. The lowest BCUT2D eigenvalue weighted by Gasteiger charge is -2.25. The highest BCUT2D eigenvalue weighted by molar-refractivity contribution is 7.92. The second kappa shape index (κ2) is 8.45. The average molecular weight is 444 g/mol. The van der Waals surface area contributed by atoms with Crippen LogP contribution in [0.3, 0.4) is 0 Å². The van der Waals surface area contributed by atoms with Crippen LogP contribution in [-0.2, 0) is 16.6 Å². The van der Waals surface area contributed by atoms with Crippen molar-refractivity contribution < 1.29 is 17.9 Å². The van der Waals surface area contributed by atoms with E-state index in [0.717, 1.165) is 16.9 Å². The lowest BCUT2D eigenvalue weighted by Crippen LogP contribution is -2.29. The van der Waals surface area contributed by atoms with Gasteiger partial charge in [0, 0.05) is 23.7 Å². The average Bonchev–Trinajstić information content (AvgIpc) is 3.34. The van der Waals surface area contributed by atoms with Crippen LogP contribution < -0.4 is 9.46 Å². The Hall–Kier alpha value is -2.91. The Morgan fingerprint density at radius 1 is 1.17 bits per heavy atom.